The Labute approximate surface area is 126 Å². The maximum absolute atomic E-state index is 9.27. The highest BCUT2D eigenvalue weighted by atomic mass is 16.3. The Morgan fingerprint density at radius 2 is 1.48 bits per heavy atom. The number of nitrogens with one attached hydrogen (secondary N) is 1. The molecule has 0 bridgehead atoms. The van der Waals surface area contributed by atoms with E-state index in [2.05, 4.69) is 34.5 Å². The van der Waals surface area contributed by atoms with Crippen molar-refractivity contribution in [2.75, 3.05) is 18.4 Å². The second kappa shape index (κ2) is 6.64. The molecule has 1 aliphatic rings. The molecule has 110 valence electrons. The summed E-state index contributed by atoms with van der Waals surface area (Å²) in [7, 11) is 0. The highest BCUT2D eigenvalue weighted by Gasteiger charge is 2.11. The minimum absolute atomic E-state index is 0.310. The molecule has 2 aromatic carbocycles. The predicted molar refractivity (Wildman–Crippen MR) is 86.4 cm³/mol. The molecule has 0 radical (unpaired) electrons. The van der Waals surface area contributed by atoms with Gasteiger partial charge >= 0.3 is 0 Å². The Kier molecular flexibility index (Phi) is 4.41. The monoisotopic (exact) mass is 282 g/mol. The maximum atomic E-state index is 9.27. The van der Waals surface area contributed by atoms with Crippen LogP contribution < -0.4 is 5.32 Å². The molecule has 0 saturated carbocycles. The van der Waals surface area contributed by atoms with Gasteiger partial charge in [-0.25, -0.2) is 0 Å². The average molecular weight is 282 g/mol. The van der Waals surface area contributed by atoms with Crippen LogP contribution in [0.25, 0.3) is 0 Å². The number of benzene rings is 2. The van der Waals surface area contributed by atoms with Crippen LogP contribution in [-0.2, 0) is 13.1 Å². The number of phenols is 1. The van der Waals surface area contributed by atoms with Crippen molar-refractivity contribution >= 4 is 5.69 Å². The van der Waals surface area contributed by atoms with Gasteiger partial charge < -0.3 is 10.4 Å². The van der Waals surface area contributed by atoms with Crippen molar-refractivity contribution in [2.45, 2.75) is 25.9 Å². The van der Waals surface area contributed by atoms with Crippen molar-refractivity contribution in [1.82, 2.24) is 4.90 Å². The van der Waals surface area contributed by atoms with E-state index < -0.39 is 0 Å². The number of hydrogen-bond donors (Lipinski definition) is 2. The molecule has 1 heterocycles. The van der Waals surface area contributed by atoms with Crippen LogP contribution in [0.3, 0.4) is 0 Å². The normalized spacial score (nSPS) is 15.2. The van der Waals surface area contributed by atoms with Gasteiger partial charge in [0.05, 0.1) is 0 Å². The molecule has 3 heteroatoms. The molecule has 0 spiro atoms. The highest BCUT2D eigenvalue weighted by molar-refractivity contribution is 5.45. The van der Waals surface area contributed by atoms with Gasteiger partial charge in [0, 0.05) is 18.8 Å². The van der Waals surface area contributed by atoms with Crippen LogP contribution in [0.4, 0.5) is 5.69 Å². The molecule has 1 fully saturated rings. The molecule has 0 aromatic heterocycles. The molecule has 3 rings (SSSR count). The van der Waals surface area contributed by atoms with Gasteiger partial charge in [0.1, 0.15) is 5.75 Å². The fourth-order valence-corrected chi connectivity index (χ4v) is 2.74. The van der Waals surface area contributed by atoms with Crippen molar-refractivity contribution in [3.8, 4) is 5.75 Å². The number of phenolic OH excluding ortho intramolecular Hbond substituents is 1. The lowest BCUT2D eigenvalue weighted by molar-refractivity contribution is 0.331. The van der Waals surface area contributed by atoms with E-state index in [-0.39, 0.29) is 0 Å². The molecule has 21 heavy (non-hydrogen) atoms. The zero-order chi connectivity index (χ0) is 14.5. The first-order valence-electron chi connectivity index (χ1n) is 7.63. The number of likely N-dealkylation sites (tertiary alicyclic amines) is 1. The second-order valence-electron chi connectivity index (χ2n) is 5.70. The van der Waals surface area contributed by atoms with E-state index in [9.17, 15) is 5.11 Å². The summed E-state index contributed by atoms with van der Waals surface area (Å²) in [5.41, 5.74) is 3.68. The van der Waals surface area contributed by atoms with Gasteiger partial charge in [-0.1, -0.05) is 24.3 Å². The van der Waals surface area contributed by atoms with Crippen molar-refractivity contribution in [2.24, 2.45) is 0 Å². The molecule has 0 unspecified atom stereocenters. The smallest absolute Gasteiger partial charge is 0.115 e. The van der Waals surface area contributed by atoms with E-state index in [0.717, 1.165) is 24.3 Å². The van der Waals surface area contributed by atoms with Crippen LogP contribution in [0.15, 0.2) is 48.5 Å². The van der Waals surface area contributed by atoms with Gasteiger partial charge in [-0.05, 0) is 61.3 Å². The summed E-state index contributed by atoms with van der Waals surface area (Å²) in [5, 5.41) is 12.7. The standard InChI is InChI=1S/C18H22N2O/c21-18-9-5-15(6-10-18)13-19-17-7-3-16(4-8-17)14-20-11-1-2-12-20/h3-10,19,21H,1-2,11-14H2. The largest absolute Gasteiger partial charge is 0.508 e. The molecule has 3 nitrogen and oxygen atoms in total. The van der Waals surface area contributed by atoms with Crippen LogP contribution in [0.1, 0.15) is 24.0 Å². The number of anilines is 1. The Hall–Kier alpha value is -2.00. The predicted octanol–water partition coefficient (Wildman–Crippen LogP) is 3.60. The van der Waals surface area contributed by atoms with Crippen molar-refractivity contribution in [3.63, 3.8) is 0 Å². The minimum atomic E-state index is 0.310. The Balaban J connectivity index is 1.52. The molecule has 2 aromatic rings. The summed E-state index contributed by atoms with van der Waals surface area (Å²) in [6.45, 7) is 4.31. The van der Waals surface area contributed by atoms with Crippen molar-refractivity contribution < 1.29 is 5.11 Å². The molecular weight excluding hydrogens is 260 g/mol. The fraction of sp³-hybridized carbons (Fsp3) is 0.333. The molecule has 2 N–H and O–H groups in total. The maximum Gasteiger partial charge on any atom is 0.115 e. The first kappa shape index (κ1) is 14.0. The number of aromatic hydroxyl groups is 1. The SMILES string of the molecule is Oc1ccc(CNc2ccc(CN3CCCC3)cc2)cc1. The van der Waals surface area contributed by atoms with Gasteiger partial charge in [-0.2, -0.15) is 0 Å². The third-order valence-corrected chi connectivity index (χ3v) is 3.99. The first-order valence-corrected chi connectivity index (χ1v) is 7.63. The summed E-state index contributed by atoms with van der Waals surface area (Å²) >= 11 is 0. The second-order valence-corrected chi connectivity index (χ2v) is 5.70. The first-order chi connectivity index (χ1) is 10.3. The van der Waals surface area contributed by atoms with Crippen molar-refractivity contribution in [1.29, 1.82) is 0 Å². The lowest BCUT2D eigenvalue weighted by atomic mass is 10.2. The quantitative estimate of drug-likeness (QED) is 0.879. The van der Waals surface area contributed by atoms with E-state index in [4.69, 9.17) is 0 Å². The highest BCUT2D eigenvalue weighted by Crippen LogP contribution is 2.16. The van der Waals surface area contributed by atoms with Crippen LogP contribution in [-0.4, -0.2) is 23.1 Å². The van der Waals surface area contributed by atoms with E-state index in [1.807, 2.05) is 12.1 Å². The van der Waals surface area contributed by atoms with Gasteiger partial charge in [-0.15, -0.1) is 0 Å². The number of nitrogens with zero attached hydrogens (tertiary/aromatic N) is 1. The molecule has 0 atom stereocenters. The summed E-state index contributed by atoms with van der Waals surface area (Å²) < 4.78 is 0. The fourth-order valence-electron chi connectivity index (χ4n) is 2.74. The van der Waals surface area contributed by atoms with Crippen LogP contribution in [0, 0.1) is 0 Å². The molecule has 1 aliphatic heterocycles. The van der Waals surface area contributed by atoms with Gasteiger partial charge in [0.25, 0.3) is 0 Å². The lowest BCUT2D eigenvalue weighted by Crippen LogP contribution is -2.18. The summed E-state index contributed by atoms with van der Waals surface area (Å²) in [4.78, 5) is 2.51. The average Bonchev–Trinajstić information content (AvgIpc) is 3.01. The summed E-state index contributed by atoms with van der Waals surface area (Å²) in [6.07, 6.45) is 2.68. The molecule has 0 aliphatic carbocycles. The van der Waals surface area contributed by atoms with Crippen molar-refractivity contribution in [3.05, 3.63) is 59.7 Å². The van der Waals surface area contributed by atoms with E-state index >= 15 is 0 Å². The topological polar surface area (TPSA) is 35.5 Å². The number of hydrogen-bond acceptors (Lipinski definition) is 3. The van der Waals surface area contributed by atoms with E-state index in [1.54, 1.807) is 12.1 Å². The summed E-state index contributed by atoms with van der Waals surface area (Å²) in [6, 6.07) is 16.0. The Morgan fingerprint density at radius 1 is 0.857 bits per heavy atom. The zero-order valence-corrected chi connectivity index (χ0v) is 12.3. The summed E-state index contributed by atoms with van der Waals surface area (Å²) in [5.74, 6) is 0.310. The van der Waals surface area contributed by atoms with Crippen LogP contribution in [0.2, 0.25) is 0 Å². The molecule has 0 amide bonds. The molecule has 1 saturated heterocycles. The third-order valence-electron chi connectivity index (χ3n) is 3.99. The van der Waals surface area contributed by atoms with Gasteiger partial charge in [0.2, 0.25) is 0 Å². The van der Waals surface area contributed by atoms with Gasteiger partial charge in [-0.3, -0.25) is 4.90 Å². The zero-order valence-electron chi connectivity index (χ0n) is 12.3. The van der Waals surface area contributed by atoms with Crippen LogP contribution >= 0.6 is 0 Å². The van der Waals surface area contributed by atoms with Gasteiger partial charge in [0.15, 0.2) is 0 Å². The van der Waals surface area contributed by atoms with E-state index in [1.165, 1.54) is 31.5 Å². The van der Waals surface area contributed by atoms with E-state index in [0.29, 0.717) is 5.75 Å². The lowest BCUT2D eigenvalue weighted by Gasteiger charge is -2.15. The Morgan fingerprint density at radius 3 is 2.14 bits per heavy atom. The number of rotatable bonds is 5. The molecular formula is C18H22N2O. The minimum Gasteiger partial charge on any atom is -0.508 e. The third kappa shape index (κ3) is 3.99. The Bertz CT molecular complexity index is 557. The van der Waals surface area contributed by atoms with Crippen LogP contribution in [0.5, 0.6) is 5.75 Å².